The van der Waals surface area contributed by atoms with Gasteiger partial charge < -0.3 is 31.0 Å². The van der Waals surface area contributed by atoms with Crippen molar-refractivity contribution in [2.75, 3.05) is 20.1 Å². The van der Waals surface area contributed by atoms with Crippen molar-refractivity contribution in [1.29, 1.82) is 0 Å². The Labute approximate surface area is 225 Å². The fraction of sp³-hybridized carbons (Fsp3) is 0.607. The Morgan fingerprint density at radius 2 is 1.55 bits per heavy atom. The highest BCUT2D eigenvalue weighted by Gasteiger charge is 2.35. The number of likely N-dealkylation sites (tertiary alicyclic amines) is 1. The van der Waals surface area contributed by atoms with Crippen molar-refractivity contribution in [1.82, 2.24) is 20.4 Å². The minimum atomic E-state index is -1.42. The van der Waals surface area contributed by atoms with E-state index in [1.807, 2.05) is 44.2 Å². The van der Waals surface area contributed by atoms with Gasteiger partial charge in [-0.25, -0.2) is 0 Å². The topological polar surface area (TPSA) is 142 Å². The number of carbonyl (C=O) groups is 5. The molecular weight excluding hydrogens is 486 g/mol. The van der Waals surface area contributed by atoms with Gasteiger partial charge >= 0.3 is 0 Å². The van der Waals surface area contributed by atoms with Crippen LogP contribution in [-0.4, -0.2) is 84.0 Å². The van der Waals surface area contributed by atoms with Crippen molar-refractivity contribution in [3.8, 4) is 0 Å². The number of nitrogens with zero attached hydrogens (tertiary/aromatic N) is 2. The second kappa shape index (κ2) is 14.6. The Hall–Kier alpha value is -3.27. The minimum absolute atomic E-state index is 0.115. The molecule has 0 saturated carbocycles. The number of carbonyl (C=O) groups excluding carboxylic acids is 5. The number of piperidine rings is 1. The van der Waals surface area contributed by atoms with Gasteiger partial charge in [-0.2, -0.15) is 0 Å². The molecule has 1 aliphatic heterocycles. The second-order valence-electron chi connectivity index (χ2n) is 10.7. The lowest BCUT2D eigenvalue weighted by molar-refractivity contribution is -0.141. The van der Waals surface area contributed by atoms with Crippen LogP contribution in [0.3, 0.4) is 0 Å². The van der Waals surface area contributed by atoms with Crippen LogP contribution >= 0.6 is 0 Å². The van der Waals surface area contributed by atoms with E-state index in [0.29, 0.717) is 13.1 Å². The van der Waals surface area contributed by atoms with Gasteiger partial charge in [-0.15, -0.1) is 0 Å². The Bertz CT molecular complexity index is 962. The van der Waals surface area contributed by atoms with Gasteiger partial charge in [-0.3, -0.25) is 19.2 Å². The molecule has 0 unspecified atom stereocenters. The van der Waals surface area contributed by atoms with E-state index < -0.39 is 47.8 Å². The predicted molar refractivity (Wildman–Crippen MR) is 145 cm³/mol. The maximum atomic E-state index is 13.5. The van der Waals surface area contributed by atoms with E-state index in [0.717, 1.165) is 31.1 Å². The monoisotopic (exact) mass is 529 g/mol. The average molecular weight is 530 g/mol. The van der Waals surface area contributed by atoms with E-state index >= 15 is 0 Å². The molecule has 1 heterocycles. The summed E-state index contributed by atoms with van der Waals surface area (Å²) >= 11 is 0. The predicted octanol–water partition coefficient (Wildman–Crippen LogP) is 0.876. The van der Waals surface area contributed by atoms with Crippen molar-refractivity contribution in [3.63, 3.8) is 0 Å². The molecule has 4 amide bonds. The van der Waals surface area contributed by atoms with E-state index in [1.165, 1.54) is 4.90 Å². The molecule has 4 atom stereocenters. The molecule has 0 aromatic heterocycles. The maximum Gasteiger partial charge on any atom is 0.249 e. The molecule has 4 N–H and O–H groups in total. The number of nitrogens with one attached hydrogen (secondary N) is 2. The molecule has 10 heteroatoms. The number of hydrogen-bond acceptors (Lipinski definition) is 6. The molecule has 10 nitrogen and oxygen atoms in total. The van der Waals surface area contributed by atoms with Gasteiger partial charge in [0.2, 0.25) is 23.6 Å². The summed E-state index contributed by atoms with van der Waals surface area (Å²) < 4.78 is 0. The molecule has 210 valence electrons. The van der Waals surface area contributed by atoms with Gasteiger partial charge in [0, 0.05) is 26.6 Å². The van der Waals surface area contributed by atoms with E-state index in [-0.39, 0.29) is 18.3 Å². The van der Waals surface area contributed by atoms with Gasteiger partial charge in [0.05, 0.1) is 6.04 Å². The highest BCUT2D eigenvalue weighted by Crippen LogP contribution is 2.13. The normalized spacial score (nSPS) is 16.8. The van der Waals surface area contributed by atoms with Gasteiger partial charge in [0.15, 0.2) is 6.04 Å². The average Bonchev–Trinajstić information content (AvgIpc) is 2.90. The summed E-state index contributed by atoms with van der Waals surface area (Å²) in [6.07, 6.45) is 3.69. The van der Waals surface area contributed by atoms with E-state index in [4.69, 9.17) is 5.73 Å². The summed E-state index contributed by atoms with van der Waals surface area (Å²) in [6.45, 7) is 8.30. The third-order valence-corrected chi connectivity index (χ3v) is 6.98. The molecule has 0 radical (unpaired) electrons. The first-order chi connectivity index (χ1) is 18.0. The third-order valence-electron chi connectivity index (χ3n) is 6.98. The van der Waals surface area contributed by atoms with Gasteiger partial charge in [0.1, 0.15) is 18.4 Å². The van der Waals surface area contributed by atoms with Crippen LogP contribution in [0.2, 0.25) is 0 Å². The van der Waals surface area contributed by atoms with Crippen LogP contribution in [0.1, 0.15) is 52.5 Å². The van der Waals surface area contributed by atoms with Crippen LogP contribution in [0.25, 0.3) is 0 Å². The van der Waals surface area contributed by atoms with Gasteiger partial charge in [0.25, 0.3) is 0 Å². The van der Waals surface area contributed by atoms with Crippen LogP contribution < -0.4 is 16.4 Å². The number of nitrogens with two attached hydrogens (primary N) is 1. The van der Waals surface area contributed by atoms with E-state index in [9.17, 15) is 24.0 Å². The van der Waals surface area contributed by atoms with Crippen molar-refractivity contribution in [2.24, 2.45) is 17.6 Å². The number of rotatable bonds is 12. The Balaban J connectivity index is 2.20. The summed E-state index contributed by atoms with van der Waals surface area (Å²) in [5.41, 5.74) is 6.80. The molecule has 0 spiro atoms. The lowest BCUT2D eigenvalue weighted by Gasteiger charge is -2.32. The molecule has 1 aromatic rings. The quantitative estimate of drug-likeness (QED) is 0.271. The second-order valence-corrected chi connectivity index (χ2v) is 10.7. The summed E-state index contributed by atoms with van der Waals surface area (Å²) in [4.78, 5) is 67.1. The molecule has 0 bridgehead atoms. The standard InChI is InChI=1S/C28H43N5O5/c1-18(2)22(17-34)32(5)27(37)21(16-20-12-8-6-9-13-20)30-26(36)24(19(3)4)31-25(35)23(29)28(38)33-14-10-7-11-15-33/h6,8-9,12-13,17-19,21-24H,7,10-11,14-16,29H2,1-5H3,(H,30,36)(H,31,35)/t21-,22+,23-,24+/m0/s1. The number of amides is 4. The van der Waals surface area contributed by atoms with Crippen LogP contribution in [0, 0.1) is 11.8 Å². The van der Waals surface area contributed by atoms with Gasteiger partial charge in [-0.1, -0.05) is 58.0 Å². The number of likely N-dealkylation sites (N-methyl/N-ethyl adjacent to an activating group) is 1. The summed E-state index contributed by atoms with van der Waals surface area (Å²) in [5, 5.41) is 5.41. The van der Waals surface area contributed by atoms with E-state index in [1.54, 1.807) is 25.8 Å². The molecular formula is C28H43N5O5. The first-order valence-electron chi connectivity index (χ1n) is 13.4. The summed E-state index contributed by atoms with van der Waals surface area (Å²) in [7, 11) is 1.54. The van der Waals surface area contributed by atoms with Crippen LogP contribution in [0.5, 0.6) is 0 Å². The molecule has 0 aliphatic carbocycles. The lowest BCUT2D eigenvalue weighted by Crippen LogP contribution is -2.60. The lowest BCUT2D eigenvalue weighted by atomic mass is 9.99. The Kier molecular flexibility index (Phi) is 11.9. The fourth-order valence-electron chi connectivity index (χ4n) is 4.60. The number of hydrogen-bond donors (Lipinski definition) is 3. The Morgan fingerprint density at radius 3 is 2.08 bits per heavy atom. The zero-order valence-electron chi connectivity index (χ0n) is 23.2. The van der Waals surface area contributed by atoms with Gasteiger partial charge in [-0.05, 0) is 36.7 Å². The van der Waals surface area contributed by atoms with Crippen LogP contribution in [0.15, 0.2) is 30.3 Å². The fourth-order valence-corrected chi connectivity index (χ4v) is 4.60. The maximum absolute atomic E-state index is 13.5. The zero-order valence-corrected chi connectivity index (χ0v) is 23.2. The molecule has 1 fully saturated rings. The molecule has 2 rings (SSSR count). The van der Waals surface area contributed by atoms with Crippen LogP contribution in [-0.2, 0) is 30.4 Å². The highest BCUT2D eigenvalue weighted by atomic mass is 16.2. The van der Waals surface area contributed by atoms with Crippen molar-refractivity contribution in [2.45, 2.75) is 77.5 Å². The zero-order chi connectivity index (χ0) is 28.4. The molecule has 1 aliphatic rings. The molecule has 1 aromatic carbocycles. The SMILES string of the molecule is CC(C)[C@@H](C=O)N(C)C(=O)[C@H](Cc1ccccc1)NC(=O)[C@H](NC(=O)[C@H](N)C(=O)N1CCCCC1)C(C)C. The summed E-state index contributed by atoms with van der Waals surface area (Å²) in [6, 6.07) is 5.14. The highest BCUT2D eigenvalue weighted by molar-refractivity contribution is 6.05. The smallest absolute Gasteiger partial charge is 0.249 e. The first-order valence-corrected chi connectivity index (χ1v) is 13.4. The Morgan fingerprint density at radius 1 is 0.947 bits per heavy atom. The van der Waals surface area contributed by atoms with E-state index in [2.05, 4.69) is 10.6 Å². The van der Waals surface area contributed by atoms with Crippen molar-refractivity contribution < 1.29 is 24.0 Å². The molecule has 1 saturated heterocycles. The minimum Gasteiger partial charge on any atom is -0.342 e. The number of benzene rings is 1. The molecule has 38 heavy (non-hydrogen) atoms. The van der Waals surface area contributed by atoms with Crippen LogP contribution in [0.4, 0.5) is 0 Å². The van der Waals surface area contributed by atoms with Crippen molar-refractivity contribution in [3.05, 3.63) is 35.9 Å². The third kappa shape index (κ3) is 8.37. The number of aldehydes is 1. The largest absolute Gasteiger partial charge is 0.342 e. The first kappa shape index (κ1) is 31.0. The van der Waals surface area contributed by atoms with Crippen molar-refractivity contribution >= 4 is 29.9 Å². The summed E-state index contributed by atoms with van der Waals surface area (Å²) in [5.74, 6) is -2.65.